The maximum absolute atomic E-state index is 12.2. The summed E-state index contributed by atoms with van der Waals surface area (Å²) in [5.41, 5.74) is -0.0957. The highest BCUT2D eigenvalue weighted by Gasteiger charge is 2.12. The Hall–Kier alpha value is -2.75. The van der Waals surface area contributed by atoms with Crippen LogP contribution in [0.1, 0.15) is 0 Å². The van der Waals surface area contributed by atoms with E-state index in [9.17, 15) is 13.2 Å². The van der Waals surface area contributed by atoms with E-state index in [-0.39, 0.29) is 22.0 Å². The minimum absolute atomic E-state index is 0.0855. The summed E-state index contributed by atoms with van der Waals surface area (Å²) in [5, 5.41) is 10.1. The van der Waals surface area contributed by atoms with Crippen molar-refractivity contribution in [2.24, 2.45) is 0 Å². The predicted molar refractivity (Wildman–Crippen MR) is 72.2 cm³/mol. The van der Waals surface area contributed by atoms with E-state index in [0.717, 1.165) is 6.26 Å². The van der Waals surface area contributed by atoms with E-state index in [1.54, 1.807) is 0 Å². The van der Waals surface area contributed by atoms with E-state index in [0.29, 0.717) is 0 Å². The number of sulfone groups is 1. The summed E-state index contributed by atoms with van der Waals surface area (Å²) in [4.78, 5) is 16.3. The van der Waals surface area contributed by atoms with Crippen molar-refractivity contribution in [1.82, 2.24) is 29.8 Å². The van der Waals surface area contributed by atoms with E-state index < -0.39 is 9.84 Å². The van der Waals surface area contributed by atoms with Crippen LogP contribution in [-0.2, 0) is 9.84 Å². The van der Waals surface area contributed by atoms with Crippen LogP contribution in [0.3, 0.4) is 0 Å². The van der Waals surface area contributed by atoms with Gasteiger partial charge in [-0.1, -0.05) is 5.21 Å². The second kappa shape index (κ2) is 4.66. The zero-order valence-corrected chi connectivity index (χ0v) is 11.6. The van der Waals surface area contributed by atoms with Gasteiger partial charge in [-0.2, -0.15) is 4.68 Å². The van der Waals surface area contributed by atoms with Crippen LogP contribution in [-0.4, -0.2) is 44.4 Å². The van der Waals surface area contributed by atoms with Crippen LogP contribution in [0.2, 0.25) is 0 Å². The molecule has 0 amide bonds. The topological polar surface area (TPSA) is 116 Å². The van der Waals surface area contributed by atoms with Crippen LogP contribution in [0.25, 0.3) is 11.5 Å². The summed E-state index contributed by atoms with van der Waals surface area (Å²) in [6.07, 6.45) is 6.74. The first-order valence-corrected chi connectivity index (χ1v) is 7.69. The molecule has 0 fully saturated rings. The number of aromatic amines is 1. The van der Waals surface area contributed by atoms with Gasteiger partial charge in [0.05, 0.1) is 23.5 Å². The van der Waals surface area contributed by atoms with Gasteiger partial charge in [-0.05, 0) is 12.1 Å². The largest absolute Gasteiger partial charge is 0.298 e. The Morgan fingerprint density at radius 1 is 1.29 bits per heavy atom. The summed E-state index contributed by atoms with van der Waals surface area (Å²) >= 11 is 0. The molecular formula is C11H10N6O3S. The standard InChI is InChI=1S/C11H10N6O3S/c1-21(19,20)8-2-3-10(12-6-8)17-11(18)9(7-14-17)16-5-4-13-15-16/h2-7,14H,1H3. The van der Waals surface area contributed by atoms with E-state index in [1.165, 1.54) is 46.3 Å². The lowest BCUT2D eigenvalue weighted by Crippen LogP contribution is -2.19. The molecule has 21 heavy (non-hydrogen) atoms. The lowest BCUT2D eigenvalue weighted by Gasteiger charge is -2.01. The van der Waals surface area contributed by atoms with Gasteiger partial charge in [-0.15, -0.1) is 5.10 Å². The quantitative estimate of drug-likeness (QED) is 0.700. The second-order valence-corrected chi connectivity index (χ2v) is 6.29. The fourth-order valence-electron chi connectivity index (χ4n) is 1.76. The molecule has 0 radical (unpaired) electrons. The Bertz CT molecular complexity index is 921. The first-order chi connectivity index (χ1) is 9.97. The normalized spacial score (nSPS) is 11.7. The number of nitrogens with zero attached hydrogens (tertiary/aromatic N) is 5. The summed E-state index contributed by atoms with van der Waals surface area (Å²) in [6.45, 7) is 0. The molecule has 0 bridgehead atoms. The minimum atomic E-state index is -3.32. The van der Waals surface area contributed by atoms with Gasteiger partial charge < -0.3 is 0 Å². The number of H-pyrrole nitrogens is 1. The molecular weight excluding hydrogens is 296 g/mol. The monoisotopic (exact) mass is 306 g/mol. The van der Waals surface area contributed by atoms with Gasteiger partial charge in [-0.25, -0.2) is 18.1 Å². The molecule has 0 saturated heterocycles. The van der Waals surface area contributed by atoms with Crippen molar-refractivity contribution in [3.63, 3.8) is 0 Å². The predicted octanol–water partition coefficient (Wildman–Crippen LogP) is -0.455. The Morgan fingerprint density at radius 3 is 2.67 bits per heavy atom. The first-order valence-electron chi connectivity index (χ1n) is 5.80. The van der Waals surface area contributed by atoms with Crippen LogP contribution in [0.15, 0.2) is 46.6 Å². The minimum Gasteiger partial charge on any atom is -0.295 e. The number of nitrogens with one attached hydrogen (secondary N) is 1. The fraction of sp³-hybridized carbons (Fsp3) is 0.0909. The van der Waals surface area contributed by atoms with Crippen LogP contribution in [0.4, 0.5) is 0 Å². The zero-order valence-electron chi connectivity index (χ0n) is 10.8. The lowest BCUT2D eigenvalue weighted by atomic mass is 10.4. The zero-order chi connectivity index (χ0) is 15.0. The fourth-order valence-corrected chi connectivity index (χ4v) is 2.32. The maximum Gasteiger partial charge on any atom is 0.298 e. The molecule has 0 aliphatic heterocycles. The lowest BCUT2D eigenvalue weighted by molar-refractivity contribution is 0.601. The average molecular weight is 306 g/mol. The summed E-state index contributed by atoms with van der Waals surface area (Å²) in [7, 11) is -3.32. The molecule has 9 nitrogen and oxygen atoms in total. The first kappa shape index (κ1) is 13.2. The van der Waals surface area contributed by atoms with E-state index in [4.69, 9.17) is 0 Å². The Morgan fingerprint density at radius 2 is 2.10 bits per heavy atom. The Balaban J connectivity index is 2.04. The highest BCUT2D eigenvalue weighted by atomic mass is 32.2. The highest BCUT2D eigenvalue weighted by molar-refractivity contribution is 7.90. The molecule has 3 rings (SSSR count). The molecule has 3 aromatic heterocycles. The van der Waals surface area contributed by atoms with Crippen LogP contribution >= 0.6 is 0 Å². The number of aromatic nitrogens is 6. The number of rotatable bonds is 3. The smallest absolute Gasteiger partial charge is 0.295 e. The van der Waals surface area contributed by atoms with E-state index in [2.05, 4.69) is 20.4 Å². The SMILES string of the molecule is CS(=O)(=O)c1ccc(-n2[nH]cc(-n3ccnn3)c2=O)nc1. The molecule has 3 heterocycles. The van der Waals surface area contributed by atoms with Gasteiger partial charge in [0.25, 0.3) is 5.56 Å². The van der Waals surface area contributed by atoms with E-state index in [1.807, 2.05) is 0 Å². The average Bonchev–Trinajstić information content (AvgIpc) is 3.07. The number of hydrogen-bond donors (Lipinski definition) is 1. The summed E-state index contributed by atoms with van der Waals surface area (Å²) in [6, 6.07) is 2.83. The summed E-state index contributed by atoms with van der Waals surface area (Å²) < 4.78 is 25.2. The molecule has 108 valence electrons. The van der Waals surface area contributed by atoms with Gasteiger partial charge in [0.15, 0.2) is 21.3 Å². The maximum atomic E-state index is 12.2. The van der Waals surface area contributed by atoms with Gasteiger partial charge in [0.1, 0.15) is 0 Å². The van der Waals surface area contributed by atoms with Gasteiger partial charge in [-0.3, -0.25) is 9.89 Å². The van der Waals surface area contributed by atoms with Crippen molar-refractivity contribution >= 4 is 9.84 Å². The van der Waals surface area contributed by atoms with Crippen LogP contribution < -0.4 is 5.56 Å². The third kappa shape index (κ3) is 2.36. The molecule has 0 atom stereocenters. The number of pyridine rings is 1. The van der Waals surface area contributed by atoms with Crippen molar-refractivity contribution in [3.8, 4) is 11.5 Å². The number of hydrogen-bond acceptors (Lipinski definition) is 6. The molecule has 0 aliphatic carbocycles. The van der Waals surface area contributed by atoms with Gasteiger partial charge in [0.2, 0.25) is 0 Å². The summed E-state index contributed by atoms with van der Waals surface area (Å²) in [5.74, 6) is 0.277. The molecule has 0 aromatic carbocycles. The van der Waals surface area contributed by atoms with E-state index >= 15 is 0 Å². The van der Waals surface area contributed by atoms with Gasteiger partial charge >= 0.3 is 0 Å². The molecule has 0 saturated carbocycles. The Kier molecular flexibility index (Phi) is 2.94. The van der Waals surface area contributed by atoms with Crippen molar-refractivity contribution < 1.29 is 8.42 Å². The van der Waals surface area contributed by atoms with Crippen LogP contribution in [0, 0.1) is 0 Å². The third-order valence-corrected chi connectivity index (χ3v) is 3.90. The van der Waals surface area contributed by atoms with Crippen molar-refractivity contribution in [2.75, 3.05) is 6.26 Å². The van der Waals surface area contributed by atoms with Crippen molar-refractivity contribution in [3.05, 3.63) is 47.3 Å². The molecule has 1 N–H and O–H groups in total. The second-order valence-electron chi connectivity index (χ2n) is 4.27. The van der Waals surface area contributed by atoms with Crippen molar-refractivity contribution in [1.29, 1.82) is 0 Å². The molecule has 0 spiro atoms. The Labute approximate surface area is 118 Å². The van der Waals surface area contributed by atoms with Gasteiger partial charge in [0, 0.05) is 12.5 Å². The molecule has 3 aromatic rings. The van der Waals surface area contributed by atoms with Crippen LogP contribution in [0.5, 0.6) is 0 Å². The molecule has 0 aliphatic rings. The third-order valence-electron chi connectivity index (χ3n) is 2.80. The van der Waals surface area contributed by atoms with Crippen molar-refractivity contribution in [2.45, 2.75) is 4.90 Å². The molecule has 0 unspecified atom stereocenters. The molecule has 10 heteroatoms. The highest BCUT2D eigenvalue weighted by Crippen LogP contribution is 2.09.